The number of carbonyl (C=O) groups is 1. The molecule has 0 aliphatic rings. The fourth-order valence-electron chi connectivity index (χ4n) is 3.77. The van der Waals surface area contributed by atoms with E-state index in [2.05, 4.69) is 15.1 Å². The third kappa shape index (κ3) is 5.84. The summed E-state index contributed by atoms with van der Waals surface area (Å²) in [6, 6.07) is 17.1. The van der Waals surface area contributed by atoms with E-state index in [1.165, 1.54) is 24.1 Å². The minimum atomic E-state index is -4.06. The van der Waals surface area contributed by atoms with Crippen molar-refractivity contribution in [2.24, 2.45) is 5.73 Å². The van der Waals surface area contributed by atoms with E-state index in [0.29, 0.717) is 12.1 Å². The van der Waals surface area contributed by atoms with Gasteiger partial charge in [0, 0.05) is 31.9 Å². The van der Waals surface area contributed by atoms with Crippen LogP contribution < -0.4 is 10.8 Å². The van der Waals surface area contributed by atoms with Crippen LogP contribution in [0.15, 0.2) is 84.1 Å². The zero-order valence-corrected chi connectivity index (χ0v) is 21.5. The van der Waals surface area contributed by atoms with Crippen molar-refractivity contribution < 1.29 is 18.0 Å². The minimum absolute atomic E-state index is 0.0338. The average molecular weight is 521 g/mol. The highest BCUT2D eigenvalue weighted by Crippen LogP contribution is 2.28. The van der Waals surface area contributed by atoms with Crippen LogP contribution in [-0.2, 0) is 25.9 Å². The maximum Gasteiger partial charge on any atom is 0.329 e. The lowest BCUT2D eigenvalue weighted by atomic mass is 10.1. The molecule has 1 aromatic carbocycles. The molecule has 192 valence electrons. The second-order valence-electron chi connectivity index (χ2n) is 8.63. The summed E-state index contributed by atoms with van der Waals surface area (Å²) in [5.41, 5.74) is 8.54. The first kappa shape index (κ1) is 26.0. The van der Waals surface area contributed by atoms with E-state index < -0.39 is 21.2 Å². The molecule has 1 unspecified atom stereocenters. The second kappa shape index (κ2) is 10.9. The molecule has 0 saturated carbocycles. The lowest BCUT2D eigenvalue weighted by Crippen LogP contribution is -2.34. The van der Waals surface area contributed by atoms with Gasteiger partial charge in [0.15, 0.2) is 11.2 Å². The Bertz CT molecular complexity index is 1470. The molecule has 0 spiro atoms. The maximum absolute atomic E-state index is 13.6. The standard InChI is InChI=1S/C26H28N6O4S/c1-18(2)32(36-19(3)33)25-9-4-7-22(30-25)26(27)37(34,35)24-8-5-14-28-23(24)17-20-10-12-21(13-11-20)31-16-6-15-29-31/h4-16,18,26H,17,27H2,1-3H3. The Balaban J connectivity index is 1.62. The number of hydrogen-bond donors (Lipinski definition) is 1. The zero-order valence-electron chi connectivity index (χ0n) is 20.7. The van der Waals surface area contributed by atoms with Crippen LogP contribution in [-0.4, -0.2) is 40.2 Å². The van der Waals surface area contributed by atoms with Crippen molar-refractivity contribution in [1.82, 2.24) is 19.7 Å². The molecule has 10 nitrogen and oxygen atoms in total. The SMILES string of the molecule is CC(=O)ON(c1cccc(C(N)S(=O)(=O)c2cccnc2Cc2ccc(-n3cccn3)cc2)n1)C(C)C. The normalized spacial score (nSPS) is 12.4. The fourth-order valence-corrected chi connectivity index (χ4v) is 5.21. The number of nitrogens with zero attached hydrogens (tertiary/aromatic N) is 5. The predicted molar refractivity (Wildman–Crippen MR) is 138 cm³/mol. The Labute approximate surface area is 215 Å². The van der Waals surface area contributed by atoms with E-state index in [1.54, 1.807) is 35.3 Å². The van der Waals surface area contributed by atoms with Gasteiger partial charge in [-0.25, -0.2) is 18.1 Å². The first-order valence-corrected chi connectivity index (χ1v) is 13.2. The Morgan fingerprint density at radius 1 is 1.05 bits per heavy atom. The number of carbonyl (C=O) groups excluding carboxylic acids is 1. The number of nitrogens with two attached hydrogens (primary N) is 1. The lowest BCUT2D eigenvalue weighted by Gasteiger charge is -2.26. The summed E-state index contributed by atoms with van der Waals surface area (Å²) in [5, 5.41) is 4.07. The van der Waals surface area contributed by atoms with Gasteiger partial charge in [0.2, 0.25) is 9.84 Å². The molecule has 4 aromatic rings. The van der Waals surface area contributed by atoms with Gasteiger partial charge in [-0.2, -0.15) is 10.2 Å². The van der Waals surface area contributed by atoms with Crippen molar-refractivity contribution in [2.45, 2.75) is 43.5 Å². The number of hydrogen-bond acceptors (Lipinski definition) is 9. The van der Waals surface area contributed by atoms with Crippen LogP contribution in [0.1, 0.15) is 43.1 Å². The third-order valence-corrected chi connectivity index (χ3v) is 7.43. The Hall–Kier alpha value is -4.09. The van der Waals surface area contributed by atoms with Crippen molar-refractivity contribution in [3.05, 3.63) is 96.2 Å². The molecule has 3 aromatic heterocycles. The second-order valence-corrected chi connectivity index (χ2v) is 10.7. The van der Waals surface area contributed by atoms with Crippen LogP contribution in [0, 0.1) is 0 Å². The molecule has 4 rings (SSSR count). The molecule has 3 heterocycles. The largest absolute Gasteiger partial charge is 0.339 e. The van der Waals surface area contributed by atoms with Gasteiger partial charge >= 0.3 is 5.97 Å². The summed E-state index contributed by atoms with van der Waals surface area (Å²) in [7, 11) is -4.06. The van der Waals surface area contributed by atoms with Gasteiger partial charge in [0.1, 0.15) is 0 Å². The quantitative estimate of drug-likeness (QED) is 0.330. The first-order valence-electron chi connectivity index (χ1n) is 11.6. The smallest absolute Gasteiger partial charge is 0.329 e. The topological polar surface area (TPSA) is 133 Å². The van der Waals surface area contributed by atoms with Crippen molar-refractivity contribution in [3.8, 4) is 5.69 Å². The molecular formula is C26H28N6O4S. The number of aromatic nitrogens is 4. The van der Waals surface area contributed by atoms with Crippen molar-refractivity contribution >= 4 is 21.6 Å². The molecule has 0 saturated heterocycles. The average Bonchev–Trinajstić information content (AvgIpc) is 3.42. The van der Waals surface area contributed by atoms with E-state index in [4.69, 9.17) is 10.6 Å². The van der Waals surface area contributed by atoms with Crippen LogP contribution in [0.2, 0.25) is 0 Å². The molecule has 0 amide bonds. The molecule has 0 aliphatic carbocycles. The van der Waals surface area contributed by atoms with Gasteiger partial charge in [-0.15, -0.1) is 0 Å². The fraction of sp³-hybridized carbons (Fsp3) is 0.231. The van der Waals surface area contributed by atoms with E-state index in [-0.39, 0.29) is 22.4 Å². The number of rotatable bonds is 9. The molecule has 0 fully saturated rings. The van der Waals surface area contributed by atoms with Gasteiger partial charge in [-0.1, -0.05) is 18.2 Å². The zero-order chi connectivity index (χ0) is 26.6. The van der Waals surface area contributed by atoms with Crippen molar-refractivity contribution in [1.29, 1.82) is 0 Å². The van der Waals surface area contributed by atoms with Gasteiger partial charge in [-0.3, -0.25) is 9.78 Å². The summed E-state index contributed by atoms with van der Waals surface area (Å²) in [6.07, 6.45) is 5.39. The van der Waals surface area contributed by atoms with Gasteiger partial charge < -0.3 is 10.6 Å². The lowest BCUT2D eigenvalue weighted by molar-refractivity contribution is -0.143. The van der Waals surface area contributed by atoms with E-state index in [9.17, 15) is 13.2 Å². The maximum atomic E-state index is 13.6. The van der Waals surface area contributed by atoms with Crippen LogP contribution in [0.25, 0.3) is 5.69 Å². The van der Waals surface area contributed by atoms with Crippen molar-refractivity contribution in [3.63, 3.8) is 0 Å². The molecular weight excluding hydrogens is 492 g/mol. The highest BCUT2D eigenvalue weighted by molar-refractivity contribution is 7.91. The highest BCUT2D eigenvalue weighted by atomic mass is 32.2. The molecule has 2 N–H and O–H groups in total. The summed E-state index contributed by atoms with van der Waals surface area (Å²) in [5.74, 6) is -0.243. The number of anilines is 1. The summed E-state index contributed by atoms with van der Waals surface area (Å²) < 4.78 is 29.0. The third-order valence-electron chi connectivity index (χ3n) is 5.54. The Morgan fingerprint density at radius 3 is 2.46 bits per heavy atom. The van der Waals surface area contributed by atoms with Crippen LogP contribution in [0.5, 0.6) is 0 Å². The highest BCUT2D eigenvalue weighted by Gasteiger charge is 2.30. The van der Waals surface area contributed by atoms with E-state index >= 15 is 0 Å². The molecule has 0 bridgehead atoms. The van der Waals surface area contributed by atoms with Gasteiger partial charge in [0.05, 0.1) is 28.0 Å². The Kier molecular flexibility index (Phi) is 7.65. The summed E-state index contributed by atoms with van der Waals surface area (Å²) in [6.45, 7) is 4.92. The number of pyridine rings is 2. The first-order chi connectivity index (χ1) is 17.7. The number of hydroxylamine groups is 1. The summed E-state index contributed by atoms with van der Waals surface area (Å²) >= 11 is 0. The number of sulfone groups is 1. The monoisotopic (exact) mass is 520 g/mol. The van der Waals surface area contributed by atoms with Crippen LogP contribution >= 0.6 is 0 Å². The Morgan fingerprint density at radius 2 is 1.81 bits per heavy atom. The number of benzene rings is 1. The molecule has 1 atom stereocenters. The van der Waals surface area contributed by atoms with E-state index in [1.807, 2.05) is 50.4 Å². The van der Waals surface area contributed by atoms with Crippen LogP contribution in [0.4, 0.5) is 5.82 Å². The molecule has 0 aliphatic heterocycles. The van der Waals surface area contributed by atoms with Gasteiger partial charge in [0.25, 0.3) is 0 Å². The molecule has 37 heavy (non-hydrogen) atoms. The van der Waals surface area contributed by atoms with E-state index in [0.717, 1.165) is 11.3 Å². The predicted octanol–water partition coefficient (Wildman–Crippen LogP) is 3.38. The minimum Gasteiger partial charge on any atom is -0.339 e. The summed E-state index contributed by atoms with van der Waals surface area (Å²) in [4.78, 5) is 25.6. The van der Waals surface area contributed by atoms with Crippen LogP contribution in [0.3, 0.4) is 0 Å². The molecule has 11 heteroatoms. The molecule has 0 radical (unpaired) electrons. The van der Waals surface area contributed by atoms with Gasteiger partial charge in [-0.05, 0) is 61.9 Å². The van der Waals surface area contributed by atoms with Crippen molar-refractivity contribution in [2.75, 3.05) is 5.06 Å².